The Morgan fingerprint density at radius 3 is 2.67 bits per heavy atom. The van der Waals surface area contributed by atoms with Gasteiger partial charge in [0.15, 0.2) is 9.84 Å². The van der Waals surface area contributed by atoms with Crippen LogP contribution in [0.3, 0.4) is 0 Å². The molecule has 5 heteroatoms. The van der Waals surface area contributed by atoms with Gasteiger partial charge in [-0.2, -0.15) is 0 Å². The molecule has 0 saturated heterocycles. The van der Waals surface area contributed by atoms with Gasteiger partial charge in [-0.1, -0.05) is 26.0 Å². The predicted octanol–water partition coefficient (Wildman–Crippen LogP) is 4.13. The summed E-state index contributed by atoms with van der Waals surface area (Å²) < 4.78 is 39.7. The zero-order valence-corrected chi connectivity index (χ0v) is 14.7. The van der Waals surface area contributed by atoms with Crippen molar-refractivity contribution >= 4 is 15.5 Å². The molecule has 3 rings (SSSR count). The summed E-state index contributed by atoms with van der Waals surface area (Å²) in [6, 6.07) is 11.4. The second-order valence-corrected chi connectivity index (χ2v) is 8.99. The third-order valence-electron chi connectivity index (χ3n) is 5.08. The maximum Gasteiger partial charge on any atom is 0.179 e. The molecule has 128 valence electrons. The molecule has 2 aromatic carbocycles. The van der Waals surface area contributed by atoms with E-state index >= 15 is 0 Å². The lowest BCUT2D eigenvalue weighted by Gasteiger charge is -2.29. The minimum atomic E-state index is -3.46. The van der Waals surface area contributed by atoms with Gasteiger partial charge < -0.3 is 5.73 Å². The topological polar surface area (TPSA) is 60.2 Å². The van der Waals surface area contributed by atoms with Crippen LogP contribution in [-0.4, -0.2) is 14.2 Å². The van der Waals surface area contributed by atoms with E-state index in [1.54, 1.807) is 6.07 Å². The first-order valence-corrected chi connectivity index (χ1v) is 9.77. The number of nitrogens with two attached hydrogens (primary N) is 1. The summed E-state index contributed by atoms with van der Waals surface area (Å²) in [7, 11) is -3.46. The normalized spacial score (nSPS) is 25.7. The molecule has 2 atom stereocenters. The van der Waals surface area contributed by atoms with E-state index in [-0.39, 0.29) is 22.0 Å². The fraction of sp³-hybridized carbons (Fsp3) is 0.368. The summed E-state index contributed by atoms with van der Waals surface area (Å²) in [5, 5.41) is 0. The lowest BCUT2D eigenvalue weighted by atomic mass is 9.75. The van der Waals surface area contributed by atoms with Gasteiger partial charge in [0.2, 0.25) is 0 Å². The molecule has 0 spiro atoms. The van der Waals surface area contributed by atoms with Crippen LogP contribution in [-0.2, 0) is 9.84 Å². The molecule has 2 N–H and O–H groups in total. The van der Waals surface area contributed by atoms with E-state index in [1.165, 1.54) is 18.2 Å². The van der Waals surface area contributed by atoms with Gasteiger partial charge in [0.25, 0.3) is 0 Å². The minimum absolute atomic E-state index is 0.0773. The zero-order chi connectivity index (χ0) is 17.5. The van der Waals surface area contributed by atoms with Crippen LogP contribution in [0.25, 0.3) is 0 Å². The number of benzene rings is 2. The highest BCUT2D eigenvalue weighted by Gasteiger charge is 2.39. The molecule has 0 bridgehead atoms. The molecule has 0 aromatic heterocycles. The van der Waals surface area contributed by atoms with Gasteiger partial charge in [-0.15, -0.1) is 0 Å². The van der Waals surface area contributed by atoms with E-state index in [4.69, 9.17) is 5.73 Å². The standard InChI is InChI=1S/C19H22FNO2S/c1-3-19(2)11-17(13-5-4-6-15(21)9-13)16-10-14(20)7-8-18(16)24(22,23)12-19/h4-10,17H,3,11-12,21H2,1-2H3/t17-,19+/m1/s1. The predicted molar refractivity (Wildman–Crippen MR) is 94.2 cm³/mol. The van der Waals surface area contributed by atoms with E-state index in [1.807, 2.05) is 32.0 Å². The molecule has 0 saturated carbocycles. The minimum Gasteiger partial charge on any atom is -0.399 e. The summed E-state index contributed by atoms with van der Waals surface area (Å²) in [4.78, 5) is 0.244. The van der Waals surface area contributed by atoms with Gasteiger partial charge >= 0.3 is 0 Å². The molecule has 2 aromatic rings. The number of halogens is 1. The zero-order valence-electron chi connectivity index (χ0n) is 13.9. The van der Waals surface area contributed by atoms with Crippen LogP contribution in [0.5, 0.6) is 0 Å². The molecular formula is C19H22FNO2S. The van der Waals surface area contributed by atoms with Gasteiger partial charge in [-0.05, 0) is 59.7 Å². The van der Waals surface area contributed by atoms with Crippen molar-refractivity contribution in [3.63, 3.8) is 0 Å². The van der Waals surface area contributed by atoms with Gasteiger partial charge in [0.05, 0.1) is 10.6 Å². The first kappa shape index (κ1) is 17.0. The summed E-state index contributed by atoms with van der Waals surface area (Å²) in [5.74, 6) is -0.534. The quantitative estimate of drug-likeness (QED) is 0.656. The Morgan fingerprint density at radius 2 is 2.00 bits per heavy atom. The first-order chi connectivity index (χ1) is 11.2. The lowest BCUT2D eigenvalue weighted by molar-refractivity contribution is 0.312. The lowest BCUT2D eigenvalue weighted by Crippen LogP contribution is -2.26. The second kappa shape index (κ2) is 5.88. The van der Waals surface area contributed by atoms with Crippen molar-refractivity contribution in [2.75, 3.05) is 11.5 Å². The number of nitrogen functional groups attached to an aromatic ring is 1. The van der Waals surface area contributed by atoms with E-state index in [0.29, 0.717) is 17.7 Å². The van der Waals surface area contributed by atoms with Crippen molar-refractivity contribution in [2.45, 2.75) is 37.5 Å². The Morgan fingerprint density at radius 1 is 1.25 bits per heavy atom. The van der Waals surface area contributed by atoms with E-state index in [0.717, 1.165) is 12.0 Å². The SMILES string of the molecule is CC[C@@]1(C)C[C@H](c2cccc(N)c2)c2cc(F)ccc2S(=O)(=O)C1. The maximum absolute atomic E-state index is 13.9. The second-order valence-electron chi connectivity index (χ2n) is 7.03. The highest BCUT2D eigenvalue weighted by atomic mass is 32.2. The molecule has 24 heavy (non-hydrogen) atoms. The number of anilines is 1. The molecule has 0 amide bonds. The highest BCUT2D eigenvalue weighted by Crippen LogP contribution is 2.46. The van der Waals surface area contributed by atoms with Crippen molar-refractivity contribution in [2.24, 2.45) is 5.41 Å². The summed E-state index contributed by atoms with van der Waals surface area (Å²) in [6.45, 7) is 3.99. The molecule has 0 radical (unpaired) electrons. The molecule has 0 unspecified atom stereocenters. The Labute approximate surface area is 142 Å². The van der Waals surface area contributed by atoms with Crippen LogP contribution in [0.2, 0.25) is 0 Å². The molecule has 1 heterocycles. The number of rotatable bonds is 2. The molecule has 3 nitrogen and oxygen atoms in total. The monoisotopic (exact) mass is 347 g/mol. The molecule has 0 aliphatic carbocycles. The average Bonchev–Trinajstić information content (AvgIpc) is 2.60. The van der Waals surface area contributed by atoms with Crippen LogP contribution < -0.4 is 5.73 Å². The largest absolute Gasteiger partial charge is 0.399 e. The van der Waals surface area contributed by atoms with Crippen LogP contribution in [0, 0.1) is 11.2 Å². The number of fused-ring (bicyclic) bond motifs is 1. The molecular weight excluding hydrogens is 325 g/mol. The fourth-order valence-corrected chi connectivity index (χ4v) is 5.82. The van der Waals surface area contributed by atoms with Crippen LogP contribution in [0.4, 0.5) is 10.1 Å². The summed E-state index contributed by atoms with van der Waals surface area (Å²) in [6.07, 6.45) is 1.38. The number of hydrogen-bond acceptors (Lipinski definition) is 3. The molecule has 1 aliphatic heterocycles. The number of sulfone groups is 1. The van der Waals surface area contributed by atoms with Gasteiger partial charge in [0, 0.05) is 11.6 Å². The summed E-state index contributed by atoms with van der Waals surface area (Å²) >= 11 is 0. The Kier molecular flexibility index (Phi) is 4.16. The van der Waals surface area contributed by atoms with Crippen molar-refractivity contribution in [3.05, 3.63) is 59.4 Å². The van der Waals surface area contributed by atoms with Crippen LogP contribution in [0.15, 0.2) is 47.4 Å². The van der Waals surface area contributed by atoms with Gasteiger partial charge in [0.1, 0.15) is 5.82 Å². The first-order valence-electron chi connectivity index (χ1n) is 8.12. The fourth-order valence-electron chi connectivity index (χ4n) is 3.59. The van der Waals surface area contributed by atoms with Crippen LogP contribution in [0.1, 0.15) is 43.7 Å². The van der Waals surface area contributed by atoms with Crippen molar-refractivity contribution in [1.82, 2.24) is 0 Å². The van der Waals surface area contributed by atoms with E-state index in [9.17, 15) is 12.8 Å². The average molecular weight is 347 g/mol. The Balaban J connectivity index is 2.27. The Hall–Kier alpha value is -1.88. The number of hydrogen-bond donors (Lipinski definition) is 1. The van der Waals surface area contributed by atoms with Gasteiger partial charge in [-0.25, -0.2) is 12.8 Å². The highest BCUT2D eigenvalue weighted by molar-refractivity contribution is 7.91. The Bertz CT molecular complexity index is 879. The van der Waals surface area contributed by atoms with Crippen molar-refractivity contribution in [3.8, 4) is 0 Å². The van der Waals surface area contributed by atoms with E-state index in [2.05, 4.69) is 0 Å². The van der Waals surface area contributed by atoms with Crippen molar-refractivity contribution < 1.29 is 12.8 Å². The smallest absolute Gasteiger partial charge is 0.179 e. The van der Waals surface area contributed by atoms with Crippen LogP contribution >= 0.6 is 0 Å². The third-order valence-corrected chi connectivity index (χ3v) is 7.20. The van der Waals surface area contributed by atoms with Crippen molar-refractivity contribution in [1.29, 1.82) is 0 Å². The van der Waals surface area contributed by atoms with E-state index < -0.39 is 15.7 Å². The molecule has 1 aliphatic rings. The maximum atomic E-state index is 13.9. The summed E-state index contributed by atoms with van der Waals surface area (Å²) in [5.41, 5.74) is 7.63. The van der Waals surface area contributed by atoms with Gasteiger partial charge in [-0.3, -0.25) is 0 Å². The molecule has 0 fully saturated rings. The third kappa shape index (κ3) is 3.05.